The molecule has 4 rings (SSSR count). The molecule has 1 aromatic carbocycles. The molecule has 2 amide bonds. The third kappa shape index (κ3) is 6.42. The van der Waals surface area contributed by atoms with E-state index in [9.17, 15) is 9.59 Å². The van der Waals surface area contributed by atoms with Crippen LogP contribution in [0.25, 0.3) is 22.5 Å². The number of nitrogens with one attached hydrogen (secondary N) is 3. The van der Waals surface area contributed by atoms with E-state index in [-0.39, 0.29) is 17.9 Å². The average Bonchev–Trinajstić information content (AvgIpc) is 3.65. The maximum absolute atomic E-state index is 12.7. The maximum atomic E-state index is 12.7. The molecule has 0 aliphatic rings. The van der Waals surface area contributed by atoms with Crippen LogP contribution in [0.2, 0.25) is 0 Å². The molecule has 1 atom stereocenters. The summed E-state index contributed by atoms with van der Waals surface area (Å²) in [7, 11) is 3.55. The number of rotatable bonds is 11. The Kier molecular flexibility index (Phi) is 8.04. The molecule has 0 fully saturated rings. The quantitative estimate of drug-likeness (QED) is 0.273. The van der Waals surface area contributed by atoms with E-state index in [1.54, 1.807) is 29.5 Å². The maximum Gasteiger partial charge on any atom is 0.254 e. The first-order valence-corrected chi connectivity index (χ1v) is 12.4. The van der Waals surface area contributed by atoms with Gasteiger partial charge in [0.1, 0.15) is 5.82 Å². The first-order chi connectivity index (χ1) is 17.0. The Hall–Kier alpha value is -3.79. The SMILES string of the molecule is CNC(=O)CCCCC[C@H](NC(=O)c1cnsc1)c1ncc(-c2ccc(-c3ccn(C)n3)cc2)[nH]1. The van der Waals surface area contributed by atoms with Crippen LogP contribution in [0.1, 0.15) is 54.3 Å². The number of aromatic nitrogens is 5. The summed E-state index contributed by atoms with van der Waals surface area (Å²) in [6.45, 7) is 0. The molecule has 0 saturated heterocycles. The molecule has 10 heteroatoms. The summed E-state index contributed by atoms with van der Waals surface area (Å²) in [5, 5.41) is 11.9. The van der Waals surface area contributed by atoms with E-state index < -0.39 is 0 Å². The van der Waals surface area contributed by atoms with Crippen molar-refractivity contribution in [1.82, 2.24) is 34.8 Å². The van der Waals surface area contributed by atoms with Crippen molar-refractivity contribution in [3.63, 3.8) is 0 Å². The number of hydrogen-bond donors (Lipinski definition) is 3. The number of carbonyl (C=O) groups is 2. The predicted octanol–water partition coefficient (Wildman–Crippen LogP) is 4.10. The van der Waals surface area contributed by atoms with Gasteiger partial charge in [-0.3, -0.25) is 14.3 Å². The van der Waals surface area contributed by atoms with Crippen LogP contribution in [0.15, 0.2) is 54.3 Å². The van der Waals surface area contributed by atoms with Gasteiger partial charge in [-0.1, -0.05) is 37.1 Å². The van der Waals surface area contributed by atoms with E-state index >= 15 is 0 Å². The van der Waals surface area contributed by atoms with Gasteiger partial charge >= 0.3 is 0 Å². The van der Waals surface area contributed by atoms with Crippen molar-refractivity contribution in [3.8, 4) is 22.5 Å². The summed E-state index contributed by atoms with van der Waals surface area (Å²) in [5.74, 6) is 0.577. The number of benzene rings is 1. The first kappa shape index (κ1) is 24.3. The fourth-order valence-corrected chi connectivity index (χ4v) is 4.34. The molecule has 35 heavy (non-hydrogen) atoms. The number of H-pyrrole nitrogens is 1. The molecule has 0 unspecified atom stereocenters. The zero-order chi connectivity index (χ0) is 24.6. The molecule has 3 aromatic heterocycles. The molecule has 0 aliphatic heterocycles. The van der Waals surface area contributed by atoms with E-state index in [1.807, 2.05) is 43.6 Å². The monoisotopic (exact) mass is 491 g/mol. The molecule has 4 aromatic rings. The predicted molar refractivity (Wildman–Crippen MR) is 136 cm³/mol. The molecule has 3 N–H and O–H groups in total. The largest absolute Gasteiger partial charge is 0.359 e. The zero-order valence-electron chi connectivity index (χ0n) is 19.8. The van der Waals surface area contributed by atoms with Crippen molar-refractivity contribution in [2.24, 2.45) is 7.05 Å². The van der Waals surface area contributed by atoms with Gasteiger partial charge in [0, 0.05) is 37.7 Å². The van der Waals surface area contributed by atoms with Gasteiger partial charge in [-0.2, -0.15) is 5.10 Å². The Morgan fingerprint density at radius 2 is 1.89 bits per heavy atom. The topological polar surface area (TPSA) is 118 Å². The summed E-state index contributed by atoms with van der Waals surface area (Å²) < 4.78 is 5.80. The lowest BCUT2D eigenvalue weighted by molar-refractivity contribution is -0.120. The van der Waals surface area contributed by atoms with Gasteiger partial charge in [-0.05, 0) is 36.0 Å². The van der Waals surface area contributed by atoms with E-state index in [0.29, 0.717) is 24.2 Å². The second-order valence-corrected chi connectivity index (χ2v) is 9.00. The third-order valence-electron chi connectivity index (χ3n) is 5.81. The normalized spacial score (nSPS) is 11.8. The van der Waals surface area contributed by atoms with Gasteiger partial charge in [-0.25, -0.2) is 9.36 Å². The molecule has 0 spiro atoms. The van der Waals surface area contributed by atoms with Gasteiger partial charge < -0.3 is 15.6 Å². The van der Waals surface area contributed by atoms with E-state index in [0.717, 1.165) is 41.8 Å². The minimum Gasteiger partial charge on any atom is -0.359 e. The highest BCUT2D eigenvalue weighted by Gasteiger charge is 2.19. The Balaban J connectivity index is 1.45. The lowest BCUT2D eigenvalue weighted by Gasteiger charge is -2.16. The zero-order valence-corrected chi connectivity index (χ0v) is 20.6. The van der Waals surface area contributed by atoms with Crippen LogP contribution < -0.4 is 10.6 Å². The Labute approximate surface area is 208 Å². The lowest BCUT2D eigenvalue weighted by atomic mass is 10.1. The molecule has 0 radical (unpaired) electrons. The fraction of sp³-hybridized carbons (Fsp3) is 0.320. The molecular formula is C25H29N7O2S. The summed E-state index contributed by atoms with van der Waals surface area (Å²) in [4.78, 5) is 32.1. The molecule has 9 nitrogen and oxygen atoms in total. The standard InChI is InChI=1S/C25H29N7O2S/c1-26-23(33)7-5-3-4-6-21(30-25(34)19-14-28-35-16-19)24-27-15-22(29-24)18-10-8-17(9-11-18)20-12-13-32(2)31-20/h8-16,21H,3-7H2,1-2H3,(H,26,33)(H,27,29)(H,30,34)/t21-/m0/s1. The van der Waals surface area contributed by atoms with Gasteiger partial charge in [0.15, 0.2) is 0 Å². The summed E-state index contributed by atoms with van der Waals surface area (Å²) in [6, 6.07) is 9.84. The number of carbonyl (C=O) groups excluding carboxylic acids is 2. The molecule has 0 bridgehead atoms. The van der Waals surface area contributed by atoms with Gasteiger partial charge in [0.2, 0.25) is 5.91 Å². The number of aryl methyl sites for hydroxylation is 1. The van der Waals surface area contributed by atoms with Crippen LogP contribution in [0, 0.1) is 0 Å². The van der Waals surface area contributed by atoms with Crippen LogP contribution in [-0.2, 0) is 11.8 Å². The Bertz CT molecular complexity index is 1250. The van der Waals surface area contributed by atoms with E-state index in [1.165, 1.54) is 11.5 Å². The van der Waals surface area contributed by atoms with Gasteiger partial charge in [-0.15, -0.1) is 0 Å². The summed E-state index contributed by atoms with van der Waals surface area (Å²) >= 11 is 1.24. The third-order valence-corrected chi connectivity index (χ3v) is 6.39. The number of nitrogens with zero attached hydrogens (tertiary/aromatic N) is 4. The fourth-order valence-electron chi connectivity index (χ4n) is 3.82. The smallest absolute Gasteiger partial charge is 0.254 e. The minimum atomic E-state index is -0.274. The van der Waals surface area contributed by atoms with Crippen molar-refractivity contribution < 1.29 is 9.59 Å². The highest BCUT2D eigenvalue weighted by Crippen LogP contribution is 2.25. The van der Waals surface area contributed by atoms with E-state index in [4.69, 9.17) is 0 Å². The molecule has 3 heterocycles. The van der Waals surface area contributed by atoms with Crippen molar-refractivity contribution in [1.29, 1.82) is 0 Å². The highest BCUT2D eigenvalue weighted by atomic mass is 32.1. The average molecular weight is 492 g/mol. The number of amides is 2. The van der Waals surface area contributed by atoms with E-state index in [2.05, 4.69) is 30.1 Å². The summed E-state index contributed by atoms with van der Waals surface area (Å²) in [5.41, 5.74) is 4.38. The summed E-state index contributed by atoms with van der Waals surface area (Å²) in [6.07, 6.45) is 9.06. The lowest BCUT2D eigenvalue weighted by Crippen LogP contribution is -2.29. The van der Waals surface area contributed by atoms with Crippen LogP contribution in [0.3, 0.4) is 0 Å². The van der Waals surface area contributed by atoms with Gasteiger partial charge in [0.05, 0.1) is 35.4 Å². The molecule has 182 valence electrons. The number of hydrogen-bond acceptors (Lipinski definition) is 6. The molecule has 0 aliphatic carbocycles. The van der Waals surface area contributed by atoms with Gasteiger partial charge in [0.25, 0.3) is 5.91 Å². The van der Waals surface area contributed by atoms with Crippen molar-refractivity contribution in [3.05, 3.63) is 65.7 Å². The van der Waals surface area contributed by atoms with Crippen molar-refractivity contribution in [2.75, 3.05) is 7.05 Å². The van der Waals surface area contributed by atoms with Crippen LogP contribution >= 0.6 is 11.5 Å². The first-order valence-electron chi connectivity index (χ1n) is 11.6. The van der Waals surface area contributed by atoms with Crippen LogP contribution in [0.4, 0.5) is 0 Å². The highest BCUT2D eigenvalue weighted by molar-refractivity contribution is 7.03. The van der Waals surface area contributed by atoms with Crippen molar-refractivity contribution >= 4 is 23.3 Å². The Morgan fingerprint density at radius 3 is 2.57 bits per heavy atom. The molecular weight excluding hydrogens is 462 g/mol. The second-order valence-electron chi connectivity index (χ2n) is 8.35. The van der Waals surface area contributed by atoms with Crippen LogP contribution in [0.5, 0.6) is 0 Å². The minimum absolute atomic E-state index is 0.0459. The Morgan fingerprint density at radius 1 is 1.09 bits per heavy atom. The number of unbranched alkanes of at least 4 members (excludes halogenated alkanes) is 2. The second kappa shape index (κ2) is 11.6. The van der Waals surface area contributed by atoms with Crippen LogP contribution in [-0.4, -0.2) is 43.0 Å². The molecule has 0 saturated carbocycles. The van der Waals surface area contributed by atoms with Crippen molar-refractivity contribution in [2.45, 2.75) is 38.1 Å². The number of aromatic amines is 1. The number of imidazole rings is 1.